The molecule has 10 nitrogen and oxygen atoms in total. The Kier molecular flexibility index (Phi) is 6.84. The van der Waals surface area contributed by atoms with Crippen LogP contribution in [0, 0.1) is 5.82 Å². The highest BCUT2D eigenvalue weighted by molar-refractivity contribution is 7.85. The second-order valence-electron chi connectivity index (χ2n) is 8.70. The summed E-state index contributed by atoms with van der Waals surface area (Å²) in [6.07, 6.45) is -0.968. The molecular weight excluding hydrogens is 445 g/mol. The van der Waals surface area contributed by atoms with Gasteiger partial charge in [-0.2, -0.15) is 8.42 Å². The van der Waals surface area contributed by atoms with Crippen LogP contribution >= 0.6 is 0 Å². The molecule has 0 aromatic heterocycles. The molecule has 32 heavy (non-hydrogen) atoms. The van der Waals surface area contributed by atoms with Gasteiger partial charge in [0.25, 0.3) is 10.1 Å². The molecule has 1 aromatic carbocycles. The van der Waals surface area contributed by atoms with Crippen molar-refractivity contribution < 1.29 is 36.1 Å². The first-order valence-corrected chi connectivity index (χ1v) is 12.0. The van der Waals surface area contributed by atoms with Crippen LogP contribution < -0.4 is 9.80 Å². The van der Waals surface area contributed by atoms with Crippen molar-refractivity contribution in [3.05, 3.63) is 24.0 Å². The van der Waals surface area contributed by atoms with Gasteiger partial charge in [0.2, 0.25) is 0 Å². The Morgan fingerprint density at radius 2 is 1.88 bits per heavy atom. The molecule has 0 aliphatic carbocycles. The van der Waals surface area contributed by atoms with Gasteiger partial charge in [-0.1, -0.05) is 0 Å². The van der Waals surface area contributed by atoms with Crippen LogP contribution in [0.2, 0.25) is 0 Å². The smallest absolute Gasteiger partial charge is 0.414 e. The number of anilines is 2. The SMILES string of the molecule is CC(C)(C)OC(=O)N1CCN(c2ccc(N3CC(COS(C)(=O)=O)OC3=O)cc2F)CC1. The van der Waals surface area contributed by atoms with Gasteiger partial charge in [0, 0.05) is 26.2 Å². The van der Waals surface area contributed by atoms with Crippen molar-refractivity contribution >= 4 is 33.7 Å². The van der Waals surface area contributed by atoms with E-state index in [0.717, 1.165) is 6.26 Å². The molecule has 0 spiro atoms. The number of amides is 2. The van der Waals surface area contributed by atoms with E-state index >= 15 is 0 Å². The van der Waals surface area contributed by atoms with E-state index in [0.29, 0.717) is 37.6 Å². The van der Waals surface area contributed by atoms with E-state index in [9.17, 15) is 22.4 Å². The predicted molar refractivity (Wildman–Crippen MR) is 115 cm³/mol. The van der Waals surface area contributed by atoms with Crippen molar-refractivity contribution in [1.82, 2.24) is 4.90 Å². The van der Waals surface area contributed by atoms with Crippen LogP contribution in [0.25, 0.3) is 0 Å². The van der Waals surface area contributed by atoms with Gasteiger partial charge in [-0.3, -0.25) is 9.08 Å². The third kappa shape index (κ3) is 6.22. The van der Waals surface area contributed by atoms with E-state index in [1.165, 1.54) is 11.0 Å². The lowest BCUT2D eigenvalue weighted by molar-refractivity contribution is 0.0240. The zero-order valence-corrected chi connectivity index (χ0v) is 19.4. The van der Waals surface area contributed by atoms with Gasteiger partial charge >= 0.3 is 12.2 Å². The maximum Gasteiger partial charge on any atom is 0.414 e. The number of benzene rings is 1. The number of carbonyl (C=O) groups excluding carboxylic acids is 2. The second-order valence-corrected chi connectivity index (χ2v) is 10.3. The van der Waals surface area contributed by atoms with E-state index in [1.807, 2.05) is 4.90 Å². The summed E-state index contributed by atoms with van der Waals surface area (Å²) in [5.74, 6) is -0.517. The van der Waals surface area contributed by atoms with Crippen LogP contribution in [0.3, 0.4) is 0 Å². The topological polar surface area (TPSA) is 106 Å². The Hall–Kier alpha value is -2.60. The molecule has 2 fully saturated rings. The van der Waals surface area contributed by atoms with E-state index in [2.05, 4.69) is 4.18 Å². The summed E-state index contributed by atoms with van der Waals surface area (Å²) >= 11 is 0. The lowest BCUT2D eigenvalue weighted by Crippen LogP contribution is -2.50. The summed E-state index contributed by atoms with van der Waals surface area (Å²) in [6.45, 7) is 6.82. The minimum atomic E-state index is -3.66. The van der Waals surface area contributed by atoms with Gasteiger partial charge in [-0.15, -0.1) is 0 Å². The fraction of sp³-hybridized carbons (Fsp3) is 0.600. The number of rotatable bonds is 5. The van der Waals surface area contributed by atoms with Gasteiger partial charge in [0.15, 0.2) is 0 Å². The van der Waals surface area contributed by atoms with Crippen molar-refractivity contribution in [2.24, 2.45) is 0 Å². The largest absolute Gasteiger partial charge is 0.444 e. The van der Waals surface area contributed by atoms with Gasteiger partial charge in [-0.25, -0.2) is 14.0 Å². The highest BCUT2D eigenvalue weighted by Crippen LogP contribution is 2.29. The van der Waals surface area contributed by atoms with Crippen molar-refractivity contribution in [2.75, 3.05) is 55.4 Å². The lowest BCUT2D eigenvalue weighted by atomic mass is 10.2. The first kappa shape index (κ1) is 24.1. The normalized spacial score (nSPS) is 19.8. The molecule has 12 heteroatoms. The third-order valence-corrected chi connectivity index (χ3v) is 5.42. The third-order valence-electron chi connectivity index (χ3n) is 4.86. The summed E-state index contributed by atoms with van der Waals surface area (Å²) in [6, 6.07) is 4.40. The van der Waals surface area contributed by atoms with Crippen LogP contribution in [0.4, 0.5) is 25.4 Å². The highest BCUT2D eigenvalue weighted by Gasteiger charge is 2.34. The molecule has 0 radical (unpaired) electrons. The molecule has 1 unspecified atom stereocenters. The Balaban J connectivity index is 1.60. The number of hydrogen-bond donors (Lipinski definition) is 0. The number of halogens is 1. The van der Waals surface area contributed by atoms with Crippen LogP contribution in [0.5, 0.6) is 0 Å². The fourth-order valence-corrected chi connectivity index (χ4v) is 3.79. The second kappa shape index (κ2) is 9.10. The average Bonchev–Trinajstić information content (AvgIpc) is 3.05. The predicted octanol–water partition coefficient (Wildman–Crippen LogP) is 2.18. The summed E-state index contributed by atoms with van der Waals surface area (Å²) in [5.41, 5.74) is 0.0793. The maximum absolute atomic E-state index is 14.9. The van der Waals surface area contributed by atoms with Crippen LogP contribution in [-0.4, -0.2) is 82.8 Å². The molecule has 0 N–H and O–H groups in total. The minimum Gasteiger partial charge on any atom is -0.444 e. The van der Waals surface area contributed by atoms with Crippen molar-refractivity contribution in [3.63, 3.8) is 0 Å². The van der Waals surface area contributed by atoms with E-state index in [4.69, 9.17) is 9.47 Å². The monoisotopic (exact) mass is 473 g/mol. The lowest BCUT2D eigenvalue weighted by Gasteiger charge is -2.37. The molecule has 2 aliphatic rings. The summed E-state index contributed by atoms with van der Waals surface area (Å²) in [4.78, 5) is 29.0. The number of ether oxygens (including phenoxy) is 2. The number of hydrogen-bond acceptors (Lipinski definition) is 8. The molecule has 1 atom stereocenters. The van der Waals surface area contributed by atoms with Crippen molar-refractivity contribution in [1.29, 1.82) is 0 Å². The molecule has 2 aliphatic heterocycles. The quantitative estimate of drug-likeness (QED) is 0.599. The standard InChI is InChI=1S/C20H28FN3O7S/c1-20(2,3)31-18(25)23-9-7-22(8-10-23)17-6-5-14(11-16(17)21)24-12-15(30-19(24)26)13-29-32(4,27)28/h5-6,11,15H,7-10,12-13H2,1-4H3. The molecule has 0 saturated carbocycles. The average molecular weight is 474 g/mol. The van der Waals surface area contributed by atoms with Gasteiger partial charge in [-0.05, 0) is 39.0 Å². The maximum atomic E-state index is 14.9. The van der Waals surface area contributed by atoms with Gasteiger partial charge in [0.1, 0.15) is 24.1 Å². The van der Waals surface area contributed by atoms with E-state index < -0.39 is 39.8 Å². The fourth-order valence-electron chi connectivity index (χ4n) is 3.40. The Morgan fingerprint density at radius 1 is 1.22 bits per heavy atom. The Morgan fingerprint density at radius 3 is 2.44 bits per heavy atom. The number of nitrogens with zero attached hydrogens (tertiary/aromatic N) is 3. The van der Waals surface area contributed by atoms with Crippen molar-refractivity contribution in [2.45, 2.75) is 32.5 Å². The van der Waals surface area contributed by atoms with E-state index in [-0.39, 0.29) is 13.2 Å². The molecule has 2 saturated heterocycles. The summed E-state index contributed by atoms with van der Waals surface area (Å²) < 4.78 is 52.2. The summed E-state index contributed by atoms with van der Waals surface area (Å²) in [5, 5.41) is 0. The molecular formula is C20H28FN3O7S. The zero-order chi connectivity index (χ0) is 23.7. The molecule has 178 valence electrons. The summed E-state index contributed by atoms with van der Waals surface area (Å²) in [7, 11) is -3.66. The van der Waals surface area contributed by atoms with Crippen LogP contribution in [0.15, 0.2) is 18.2 Å². The molecule has 2 amide bonds. The van der Waals surface area contributed by atoms with Crippen molar-refractivity contribution in [3.8, 4) is 0 Å². The number of carbonyl (C=O) groups is 2. The van der Waals surface area contributed by atoms with Gasteiger partial charge < -0.3 is 19.3 Å². The molecule has 2 heterocycles. The Labute approximate surface area is 186 Å². The molecule has 1 aromatic rings. The number of piperazine rings is 1. The highest BCUT2D eigenvalue weighted by atomic mass is 32.2. The van der Waals surface area contributed by atoms with Crippen LogP contribution in [0.1, 0.15) is 20.8 Å². The minimum absolute atomic E-state index is 0.0434. The van der Waals surface area contributed by atoms with Crippen LogP contribution in [-0.2, 0) is 23.8 Å². The Bertz CT molecular complexity index is 972. The molecule has 0 bridgehead atoms. The molecule has 3 rings (SSSR count). The van der Waals surface area contributed by atoms with Gasteiger partial charge in [0.05, 0.1) is 24.2 Å². The first-order chi connectivity index (χ1) is 14.8. The first-order valence-electron chi connectivity index (χ1n) is 10.2. The van der Waals surface area contributed by atoms with E-state index in [1.54, 1.807) is 37.8 Å². The number of cyclic esters (lactones) is 1. The zero-order valence-electron chi connectivity index (χ0n) is 18.5.